The third-order valence-electron chi connectivity index (χ3n) is 4.02. The van der Waals surface area contributed by atoms with Gasteiger partial charge in [0.15, 0.2) is 0 Å². The van der Waals surface area contributed by atoms with E-state index in [4.69, 9.17) is 10.5 Å². The Kier molecular flexibility index (Phi) is 3.73. The van der Waals surface area contributed by atoms with Crippen LogP contribution in [0.3, 0.4) is 0 Å². The van der Waals surface area contributed by atoms with Gasteiger partial charge in [-0.05, 0) is 31.0 Å². The molecule has 1 fully saturated rings. The second kappa shape index (κ2) is 5.54. The number of nitrogen functional groups attached to an aromatic ring is 1. The van der Waals surface area contributed by atoms with Gasteiger partial charge in [0.05, 0.1) is 30.2 Å². The highest BCUT2D eigenvalue weighted by atomic mass is 16.5. The molecule has 0 aromatic heterocycles. The Morgan fingerprint density at radius 1 is 1.43 bits per heavy atom. The zero-order valence-electron chi connectivity index (χ0n) is 12.1. The van der Waals surface area contributed by atoms with Gasteiger partial charge in [-0.2, -0.15) is 0 Å². The second-order valence-electron chi connectivity index (χ2n) is 5.77. The zero-order valence-corrected chi connectivity index (χ0v) is 12.1. The van der Waals surface area contributed by atoms with Crippen LogP contribution in [0.1, 0.15) is 18.9 Å². The van der Waals surface area contributed by atoms with Gasteiger partial charge in [0.25, 0.3) is 0 Å². The van der Waals surface area contributed by atoms with Crippen LogP contribution in [0.15, 0.2) is 12.1 Å². The third-order valence-corrected chi connectivity index (χ3v) is 4.02. The fourth-order valence-corrected chi connectivity index (χ4v) is 3.05. The van der Waals surface area contributed by atoms with Crippen LogP contribution in [0.4, 0.5) is 17.1 Å². The first-order valence-electron chi connectivity index (χ1n) is 7.30. The minimum atomic E-state index is -0.209. The maximum atomic E-state index is 11.5. The smallest absolute Gasteiger partial charge is 0.224 e. The van der Waals surface area contributed by atoms with Crippen molar-refractivity contribution in [1.82, 2.24) is 0 Å². The molecule has 2 aliphatic rings. The molecule has 0 radical (unpaired) electrons. The van der Waals surface area contributed by atoms with Gasteiger partial charge in [-0.15, -0.1) is 0 Å². The molecule has 1 aromatic carbocycles. The molecule has 4 N–H and O–H groups in total. The topological polar surface area (TPSA) is 87.8 Å². The number of hydrogen-bond donors (Lipinski definition) is 3. The van der Waals surface area contributed by atoms with E-state index >= 15 is 0 Å². The number of rotatable bonds is 2. The molecule has 3 rings (SSSR count). The van der Waals surface area contributed by atoms with Crippen molar-refractivity contribution in [3.63, 3.8) is 0 Å². The van der Waals surface area contributed by atoms with Gasteiger partial charge in [-0.3, -0.25) is 4.79 Å². The minimum Gasteiger partial charge on any atom is -0.397 e. The monoisotopic (exact) mass is 291 g/mol. The number of carbonyl (C=O) groups excluding carboxylic acids is 1. The number of nitrogens with one attached hydrogen (secondary N) is 1. The van der Waals surface area contributed by atoms with E-state index in [1.807, 2.05) is 19.1 Å². The second-order valence-corrected chi connectivity index (χ2v) is 5.77. The summed E-state index contributed by atoms with van der Waals surface area (Å²) in [6.45, 7) is 3.28. The van der Waals surface area contributed by atoms with E-state index in [9.17, 15) is 9.90 Å². The van der Waals surface area contributed by atoms with Gasteiger partial charge in [-0.25, -0.2) is 0 Å². The Labute approximate surface area is 123 Å². The number of aliphatic hydroxyl groups is 1. The first-order valence-corrected chi connectivity index (χ1v) is 7.30. The van der Waals surface area contributed by atoms with E-state index in [1.54, 1.807) is 0 Å². The molecule has 6 heteroatoms. The highest BCUT2D eigenvalue weighted by molar-refractivity contribution is 5.95. The van der Waals surface area contributed by atoms with Crippen LogP contribution in [-0.4, -0.2) is 42.9 Å². The van der Waals surface area contributed by atoms with Crippen LogP contribution in [0.2, 0.25) is 0 Å². The predicted octanol–water partition coefficient (Wildman–Crippen LogP) is 0.740. The van der Waals surface area contributed by atoms with Crippen LogP contribution in [0.25, 0.3) is 0 Å². The number of hydrogen-bond acceptors (Lipinski definition) is 5. The number of benzene rings is 1. The zero-order chi connectivity index (χ0) is 15.0. The lowest BCUT2D eigenvalue weighted by molar-refractivity contribution is -0.116. The quantitative estimate of drug-likeness (QED) is 0.700. The summed E-state index contributed by atoms with van der Waals surface area (Å²) in [5.41, 5.74) is 9.70. The third kappa shape index (κ3) is 2.82. The Bertz CT molecular complexity index is 561. The highest BCUT2D eigenvalue weighted by Gasteiger charge is 2.27. The molecule has 0 saturated carbocycles. The fourth-order valence-electron chi connectivity index (χ4n) is 3.05. The molecule has 21 heavy (non-hydrogen) atoms. The molecule has 0 bridgehead atoms. The highest BCUT2D eigenvalue weighted by Crippen LogP contribution is 2.34. The van der Waals surface area contributed by atoms with E-state index in [0.717, 1.165) is 23.4 Å². The van der Waals surface area contributed by atoms with E-state index < -0.39 is 0 Å². The first-order chi connectivity index (χ1) is 10.1. The average molecular weight is 291 g/mol. The summed E-state index contributed by atoms with van der Waals surface area (Å²) in [5, 5.41) is 12.2. The number of carbonyl (C=O) groups is 1. The number of anilines is 3. The van der Waals surface area contributed by atoms with Crippen molar-refractivity contribution in [2.75, 3.05) is 35.6 Å². The number of aliphatic hydroxyl groups excluding tert-OH is 1. The van der Waals surface area contributed by atoms with Gasteiger partial charge in [0.1, 0.15) is 0 Å². The number of morpholine rings is 1. The molecule has 1 aromatic rings. The first kappa shape index (κ1) is 14.2. The molecule has 0 spiro atoms. The Morgan fingerprint density at radius 3 is 3.00 bits per heavy atom. The summed E-state index contributed by atoms with van der Waals surface area (Å²) >= 11 is 0. The molecule has 2 atom stereocenters. The molecule has 0 aliphatic carbocycles. The molecule has 2 heterocycles. The Hall–Kier alpha value is -1.79. The SMILES string of the molecule is CC1CN(c2cc3c(cc2N)CCC(=O)N3)CC(CO)O1. The van der Waals surface area contributed by atoms with Crippen molar-refractivity contribution in [3.05, 3.63) is 17.7 Å². The van der Waals surface area contributed by atoms with Crippen molar-refractivity contribution in [3.8, 4) is 0 Å². The molecule has 2 unspecified atom stereocenters. The van der Waals surface area contributed by atoms with E-state index in [-0.39, 0.29) is 24.7 Å². The normalized spacial score (nSPS) is 25.4. The van der Waals surface area contributed by atoms with Crippen molar-refractivity contribution in [2.24, 2.45) is 0 Å². The average Bonchev–Trinajstić information content (AvgIpc) is 2.46. The summed E-state index contributed by atoms with van der Waals surface area (Å²) in [4.78, 5) is 13.7. The number of nitrogens with zero attached hydrogens (tertiary/aromatic N) is 1. The van der Waals surface area contributed by atoms with E-state index in [0.29, 0.717) is 25.2 Å². The van der Waals surface area contributed by atoms with Gasteiger partial charge < -0.3 is 25.8 Å². The lowest BCUT2D eigenvalue weighted by atomic mass is 10.0. The molecular formula is C15H21N3O3. The summed E-state index contributed by atoms with van der Waals surface area (Å²) < 4.78 is 5.65. The summed E-state index contributed by atoms with van der Waals surface area (Å²) in [7, 11) is 0. The lowest BCUT2D eigenvalue weighted by Gasteiger charge is -2.38. The molecule has 6 nitrogen and oxygen atoms in total. The van der Waals surface area contributed by atoms with Crippen LogP contribution < -0.4 is 16.0 Å². The van der Waals surface area contributed by atoms with Crippen LogP contribution in [0, 0.1) is 0 Å². The van der Waals surface area contributed by atoms with Crippen molar-refractivity contribution >= 4 is 23.0 Å². The largest absolute Gasteiger partial charge is 0.397 e. The molecule has 2 aliphatic heterocycles. The van der Waals surface area contributed by atoms with Gasteiger partial charge in [0, 0.05) is 25.2 Å². The fraction of sp³-hybridized carbons (Fsp3) is 0.533. The minimum absolute atomic E-state index is 0.0115. The number of fused-ring (bicyclic) bond motifs is 1. The summed E-state index contributed by atoms with van der Waals surface area (Å²) in [5.74, 6) is 0.0433. The van der Waals surface area contributed by atoms with Crippen molar-refractivity contribution < 1.29 is 14.6 Å². The maximum absolute atomic E-state index is 11.5. The Balaban J connectivity index is 1.91. The maximum Gasteiger partial charge on any atom is 0.224 e. The van der Waals surface area contributed by atoms with Crippen LogP contribution >= 0.6 is 0 Å². The number of nitrogens with two attached hydrogens (primary N) is 1. The summed E-state index contributed by atoms with van der Waals surface area (Å²) in [6, 6.07) is 3.88. The van der Waals surface area contributed by atoms with Gasteiger partial charge in [0.2, 0.25) is 5.91 Å². The van der Waals surface area contributed by atoms with Gasteiger partial charge >= 0.3 is 0 Å². The number of aryl methyl sites for hydroxylation is 1. The van der Waals surface area contributed by atoms with E-state index in [2.05, 4.69) is 10.2 Å². The summed E-state index contributed by atoms with van der Waals surface area (Å²) in [6.07, 6.45) is 1.05. The van der Waals surface area contributed by atoms with Crippen molar-refractivity contribution in [1.29, 1.82) is 0 Å². The molecule has 1 saturated heterocycles. The standard InChI is InChI=1S/C15H21N3O3/c1-9-6-18(7-11(8-19)21-9)14-5-13-10(4-12(14)16)2-3-15(20)17-13/h4-5,9,11,19H,2-3,6-8,16H2,1H3,(H,17,20). The van der Waals surface area contributed by atoms with Crippen molar-refractivity contribution in [2.45, 2.75) is 32.0 Å². The van der Waals surface area contributed by atoms with Gasteiger partial charge in [-0.1, -0.05) is 0 Å². The lowest BCUT2D eigenvalue weighted by Crippen LogP contribution is -2.48. The molecular weight excluding hydrogens is 270 g/mol. The van der Waals surface area contributed by atoms with Crippen LogP contribution in [-0.2, 0) is 16.0 Å². The number of ether oxygens (including phenoxy) is 1. The molecule has 114 valence electrons. The predicted molar refractivity (Wildman–Crippen MR) is 81.4 cm³/mol. The Morgan fingerprint density at radius 2 is 2.24 bits per heavy atom. The van der Waals surface area contributed by atoms with Crippen LogP contribution in [0.5, 0.6) is 0 Å². The number of amides is 1. The molecule has 1 amide bonds. The van der Waals surface area contributed by atoms with E-state index in [1.165, 1.54) is 0 Å².